The second-order valence-electron chi connectivity index (χ2n) is 4.73. The van der Waals surface area contributed by atoms with E-state index < -0.39 is 5.60 Å². The van der Waals surface area contributed by atoms with E-state index in [4.69, 9.17) is 15.3 Å². The molecule has 1 aliphatic heterocycles. The molecule has 1 rings (SSSR count). The van der Waals surface area contributed by atoms with Gasteiger partial charge < -0.3 is 4.74 Å². The Labute approximate surface area is 112 Å². The number of ether oxygens (including phenoxy) is 1. The van der Waals surface area contributed by atoms with Crippen molar-refractivity contribution < 1.29 is 4.74 Å². The fraction of sp³-hybridized carbons (Fsp3) is 0.333. The van der Waals surface area contributed by atoms with Crippen molar-refractivity contribution in [2.75, 3.05) is 0 Å². The van der Waals surface area contributed by atoms with Gasteiger partial charge in [0.2, 0.25) is 0 Å². The SMILES string of the molecule is CC(C)=C=CC1=C(C#N)C(=C(C#N)C#N)OC1(C)C. The first-order chi connectivity index (χ1) is 8.87. The largest absolute Gasteiger partial charge is 0.480 e. The molecule has 1 heterocycles. The van der Waals surface area contributed by atoms with Gasteiger partial charge in [-0.1, -0.05) is 0 Å². The Morgan fingerprint density at radius 1 is 1.16 bits per heavy atom. The zero-order valence-electron chi connectivity index (χ0n) is 11.3. The average Bonchev–Trinajstić information content (AvgIpc) is 2.59. The third kappa shape index (κ3) is 2.75. The highest BCUT2D eigenvalue weighted by atomic mass is 16.5. The van der Waals surface area contributed by atoms with Gasteiger partial charge in [-0.3, -0.25) is 0 Å². The summed E-state index contributed by atoms with van der Waals surface area (Å²) in [5.41, 5.74) is 3.86. The molecule has 1 aliphatic rings. The third-order valence-electron chi connectivity index (χ3n) is 2.57. The topological polar surface area (TPSA) is 80.6 Å². The van der Waals surface area contributed by atoms with Crippen LogP contribution in [0.3, 0.4) is 0 Å². The van der Waals surface area contributed by atoms with E-state index in [2.05, 4.69) is 5.73 Å². The molecule has 0 aromatic rings. The molecule has 0 amide bonds. The van der Waals surface area contributed by atoms with Gasteiger partial charge in [0.15, 0.2) is 11.3 Å². The molecule has 94 valence electrons. The smallest absolute Gasteiger partial charge is 0.172 e. The van der Waals surface area contributed by atoms with Crippen molar-refractivity contribution in [1.29, 1.82) is 15.8 Å². The van der Waals surface area contributed by atoms with E-state index in [1.54, 1.807) is 32.1 Å². The second kappa shape index (κ2) is 5.28. The Morgan fingerprint density at radius 2 is 1.74 bits per heavy atom. The highest BCUT2D eigenvalue weighted by Gasteiger charge is 2.38. The third-order valence-corrected chi connectivity index (χ3v) is 2.57. The minimum Gasteiger partial charge on any atom is -0.480 e. The molecular weight excluding hydrogens is 238 g/mol. The molecule has 0 unspecified atom stereocenters. The van der Waals surface area contributed by atoms with Crippen LogP contribution < -0.4 is 0 Å². The fourth-order valence-electron chi connectivity index (χ4n) is 1.66. The van der Waals surface area contributed by atoms with Crippen LogP contribution in [0.1, 0.15) is 27.7 Å². The molecular formula is C15H13N3O. The van der Waals surface area contributed by atoms with Crippen molar-refractivity contribution in [2.24, 2.45) is 0 Å². The normalized spacial score (nSPS) is 15.5. The lowest BCUT2D eigenvalue weighted by Gasteiger charge is -2.20. The van der Waals surface area contributed by atoms with Gasteiger partial charge >= 0.3 is 0 Å². The minimum absolute atomic E-state index is 0.0549. The van der Waals surface area contributed by atoms with Crippen molar-refractivity contribution in [1.82, 2.24) is 0 Å². The highest BCUT2D eigenvalue weighted by molar-refractivity contribution is 5.59. The molecule has 0 atom stereocenters. The Hall–Kier alpha value is -2.73. The van der Waals surface area contributed by atoms with Gasteiger partial charge in [0.25, 0.3) is 0 Å². The molecule has 0 aromatic heterocycles. The summed E-state index contributed by atoms with van der Waals surface area (Å²) in [6.45, 7) is 7.34. The summed E-state index contributed by atoms with van der Waals surface area (Å²) in [7, 11) is 0. The minimum atomic E-state index is -0.762. The summed E-state index contributed by atoms with van der Waals surface area (Å²) < 4.78 is 5.60. The Balaban J connectivity index is 3.64. The molecule has 4 heteroatoms. The maximum Gasteiger partial charge on any atom is 0.172 e. The van der Waals surface area contributed by atoms with Crippen LogP contribution in [0.4, 0.5) is 0 Å². The molecule has 0 fully saturated rings. The quantitative estimate of drug-likeness (QED) is 0.530. The monoisotopic (exact) mass is 251 g/mol. The molecule has 4 nitrogen and oxygen atoms in total. The van der Waals surface area contributed by atoms with E-state index in [0.717, 1.165) is 5.57 Å². The van der Waals surface area contributed by atoms with Gasteiger partial charge in [-0.05, 0) is 39.3 Å². The number of nitriles is 3. The molecule has 0 saturated heterocycles. The zero-order valence-corrected chi connectivity index (χ0v) is 11.3. The molecule has 19 heavy (non-hydrogen) atoms. The first kappa shape index (κ1) is 14.3. The predicted octanol–water partition coefficient (Wildman–Crippen LogP) is 3.04. The van der Waals surface area contributed by atoms with Crippen LogP contribution in [0.2, 0.25) is 0 Å². The van der Waals surface area contributed by atoms with Gasteiger partial charge in [0.05, 0.1) is 0 Å². The van der Waals surface area contributed by atoms with Crippen molar-refractivity contribution in [3.8, 4) is 18.2 Å². The number of hydrogen-bond acceptors (Lipinski definition) is 4. The molecule has 0 bridgehead atoms. The van der Waals surface area contributed by atoms with Crippen molar-refractivity contribution in [3.63, 3.8) is 0 Å². The standard InChI is InChI=1S/C15H13N3O/c1-10(2)5-6-13-12(9-18)14(11(7-16)8-17)19-15(13,3)4/h6H,1-4H3. The summed E-state index contributed by atoms with van der Waals surface area (Å²) in [6.07, 6.45) is 1.67. The summed E-state index contributed by atoms with van der Waals surface area (Å²) >= 11 is 0. The summed E-state index contributed by atoms with van der Waals surface area (Å²) in [5, 5.41) is 27.1. The molecule has 0 radical (unpaired) electrons. The highest BCUT2D eigenvalue weighted by Crippen LogP contribution is 2.39. The first-order valence-electron chi connectivity index (χ1n) is 5.66. The van der Waals surface area contributed by atoms with Crippen LogP contribution in [0, 0.1) is 34.0 Å². The van der Waals surface area contributed by atoms with Crippen LogP contribution >= 0.6 is 0 Å². The van der Waals surface area contributed by atoms with Gasteiger partial charge in [-0.2, -0.15) is 15.8 Å². The van der Waals surface area contributed by atoms with Gasteiger partial charge in [0, 0.05) is 5.57 Å². The molecule has 0 N–H and O–H groups in total. The van der Waals surface area contributed by atoms with Gasteiger partial charge in [-0.25, -0.2) is 0 Å². The lowest BCUT2D eigenvalue weighted by Crippen LogP contribution is -2.20. The average molecular weight is 251 g/mol. The number of rotatable bonds is 1. The summed E-state index contributed by atoms with van der Waals surface area (Å²) in [5.74, 6) is 0.0549. The van der Waals surface area contributed by atoms with Crippen LogP contribution in [-0.4, -0.2) is 5.60 Å². The molecule has 0 spiro atoms. The van der Waals surface area contributed by atoms with E-state index in [1.165, 1.54) is 0 Å². The molecule has 0 saturated carbocycles. The van der Waals surface area contributed by atoms with E-state index in [0.29, 0.717) is 5.57 Å². The Morgan fingerprint density at radius 3 is 2.16 bits per heavy atom. The Bertz CT molecular complexity index is 644. The summed E-state index contributed by atoms with van der Waals surface area (Å²) in [4.78, 5) is 0. The molecule has 0 aliphatic carbocycles. The lowest BCUT2D eigenvalue weighted by atomic mass is 9.95. The van der Waals surface area contributed by atoms with Crippen molar-refractivity contribution >= 4 is 0 Å². The fourth-order valence-corrected chi connectivity index (χ4v) is 1.66. The summed E-state index contributed by atoms with van der Waals surface area (Å²) in [6, 6.07) is 5.51. The van der Waals surface area contributed by atoms with Gasteiger partial charge in [-0.15, -0.1) is 5.73 Å². The lowest BCUT2D eigenvalue weighted by molar-refractivity contribution is 0.0954. The Kier molecular flexibility index (Phi) is 3.98. The predicted molar refractivity (Wildman–Crippen MR) is 69.0 cm³/mol. The number of nitrogens with zero attached hydrogens (tertiary/aromatic N) is 3. The van der Waals surface area contributed by atoms with Crippen LogP contribution in [0.5, 0.6) is 0 Å². The van der Waals surface area contributed by atoms with Crippen LogP contribution in [-0.2, 0) is 4.74 Å². The first-order valence-corrected chi connectivity index (χ1v) is 5.66. The van der Waals surface area contributed by atoms with Crippen LogP contribution in [0.15, 0.2) is 39.9 Å². The van der Waals surface area contributed by atoms with Gasteiger partial charge in [0.1, 0.15) is 29.4 Å². The maximum atomic E-state index is 9.25. The maximum absolute atomic E-state index is 9.25. The van der Waals surface area contributed by atoms with Crippen molar-refractivity contribution in [2.45, 2.75) is 33.3 Å². The van der Waals surface area contributed by atoms with E-state index in [9.17, 15) is 5.26 Å². The molecule has 0 aromatic carbocycles. The van der Waals surface area contributed by atoms with E-state index in [1.807, 2.05) is 19.9 Å². The van der Waals surface area contributed by atoms with Crippen molar-refractivity contribution in [3.05, 3.63) is 39.9 Å². The number of allylic oxidation sites excluding steroid dienone is 2. The zero-order chi connectivity index (χ0) is 14.6. The van der Waals surface area contributed by atoms with Crippen LogP contribution in [0.25, 0.3) is 0 Å². The number of hydrogen-bond donors (Lipinski definition) is 0. The van der Waals surface area contributed by atoms with E-state index >= 15 is 0 Å². The van der Waals surface area contributed by atoms with E-state index in [-0.39, 0.29) is 16.9 Å². The second-order valence-corrected chi connectivity index (χ2v) is 4.73.